The number of rotatable bonds is 10. The fourth-order valence-corrected chi connectivity index (χ4v) is 5.97. The summed E-state index contributed by atoms with van der Waals surface area (Å²) in [6, 6.07) is 12.6. The van der Waals surface area contributed by atoms with E-state index in [4.69, 9.17) is 21.2 Å². The fourth-order valence-electron chi connectivity index (χ4n) is 4.35. The van der Waals surface area contributed by atoms with Crippen LogP contribution in [0.3, 0.4) is 0 Å². The molecule has 0 saturated carbocycles. The number of aliphatic carboxylic acids is 1. The quantitative estimate of drug-likeness (QED) is 0.250. The Morgan fingerprint density at radius 1 is 1.05 bits per heavy atom. The summed E-state index contributed by atoms with van der Waals surface area (Å²) in [4.78, 5) is 44.1. The summed E-state index contributed by atoms with van der Waals surface area (Å²) < 4.78 is 49.7. The summed E-state index contributed by atoms with van der Waals surface area (Å²) in [5.74, 6) is -4.68. The molecule has 2 atom stereocenters. The molecule has 0 spiro atoms. The van der Waals surface area contributed by atoms with Gasteiger partial charge < -0.3 is 9.84 Å². The number of amides is 2. The molecule has 236 valence electrons. The molecule has 2 amide bonds. The van der Waals surface area contributed by atoms with Crippen molar-refractivity contribution in [1.29, 1.82) is 0 Å². The fraction of sp³-hybridized carbons (Fsp3) is 0.323. The number of aryl methyl sites for hydroxylation is 1. The van der Waals surface area contributed by atoms with Crippen molar-refractivity contribution >= 4 is 39.6 Å². The third-order valence-corrected chi connectivity index (χ3v) is 8.38. The number of carboxylic acids is 1. The zero-order valence-electron chi connectivity index (χ0n) is 25.1. The van der Waals surface area contributed by atoms with Crippen LogP contribution in [0.4, 0.5) is 9.18 Å². The van der Waals surface area contributed by atoms with Gasteiger partial charge in [-0.15, -0.1) is 5.06 Å². The molecule has 13 heteroatoms. The highest BCUT2D eigenvalue weighted by atomic mass is 35.5. The summed E-state index contributed by atoms with van der Waals surface area (Å²) in [7, 11) is -4.81. The Bertz CT molecular complexity index is 1660. The molecule has 2 N–H and O–H groups in total. The van der Waals surface area contributed by atoms with Crippen LogP contribution < -0.4 is 4.72 Å². The van der Waals surface area contributed by atoms with Crippen LogP contribution in [0.1, 0.15) is 66.2 Å². The average Bonchev–Trinajstić information content (AvgIpc) is 2.93. The van der Waals surface area contributed by atoms with Crippen molar-refractivity contribution in [3.8, 4) is 0 Å². The van der Waals surface area contributed by atoms with Crippen molar-refractivity contribution in [1.82, 2.24) is 9.79 Å². The number of sulfonamides is 1. The maximum atomic E-state index is 14.9. The van der Waals surface area contributed by atoms with E-state index in [0.29, 0.717) is 16.7 Å². The number of carbonyl (C=O) groups excluding carboxylic acids is 2. The zero-order chi connectivity index (χ0) is 33.0. The van der Waals surface area contributed by atoms with E-state index in [9.17, 15) is 32.3 Å². The van der Waals surface area contributed by atoms with Gasteiger partial charge in [-0.1, -0.05) is 54.9 Å². The van der Waals surface area contributed by atoms with E-state index in [1.807, 2.05) is 0 Å². The van der Waals surface area contributed by atoms with Gasteiger partial charge in [0.2, 0.25) is 10.0 Å². The number of benzene rings is 3. The number of hydroxylamine groups is 2. The number of nitrogens with one attached hydrogen (secondary N) is 1. The highest BCUT2D eigenvalue weighted by molar-refractivity contribution is 7.89. The van der Waals surface area contributed by atoms with E-state index in [2.05, 4.69) is 4.72 Å². The number of halogens is 2. The van der Waals surface area contributed by atoms with Crippen molar-refractivity contribution in [2.45, 2.75) is 70.6 Å². The average molecular weight is 649 g/mol. The van der Waals surface area contributed by atoms with Crippen LogP contribution in [0.5, 0.6) is 0 Å². The Kier molecular flexibility index (Phi) is 10.9. The largest absolute Gasteiger partial charge is 0.480 e. The smallest absolute Gasteiger partial charge is 0.442 e. The van der Waals surface area contributed by atoms with Crippen molar-refractivity contribution in [3.63, 3.8) is 0 Å². The second kappa shape index (κ2) is 13.9. The van der Waals surface area contributed by atoms with Gasteiger partial charge in [-0.2, -0.15) is 4.72 Å². The van der Waals surface area contributed by atoms with Gasteiger partial charge >= 0.3 is 12.1 Å². The first-order valence-electron chi connectivity index (χ1n) is 13.5. The number of imide groups is 1. The Balaban J connectivity index is 2.05. The highest BCUT2D eigenvalue weighted by Gasteiger charge is 2.37. The molecule has 44 heavy (non-hydrogen) atoms. The molecular formula is C31H34ClFN2O8S. The molecule has 10 nitrogen and oxygen atoms in total. The lowest BCUT2D eigenvalue weighted by molar-refractivity contribution is -0.139. The van der Waals surface area contributed by atoms with Gasteiger partial charge in [-0.25, -0.2) is 17.6 Å². The maximum Gasteiger partial charge on any atom is 0.442 e. The van der Waals surface area contributed by atoms with Crippen LogP contribution in [0, 0.1) is 19.7 Å². The summed E-state index contributed by atoms with van der Waals surface area (Å²) >= 11 is 6.13. The van der Waals surface area contributed by atoms with Gasteiger partial charge in [0, 0.05) is 10.9 Å². The van der Waals surface area contributed by atoms with Crippen LogP contribution in [-0.2, 0) is 31.0 Å². The highest BCUT2D eigenvalue weighted by Crippen LogP contribution is 2.30. The Morgan fingerprint density at radius 2 is 1.68 bits per heavy atom. The molecule has 3 aromatic rings. The van der Waals surface area contributed by atoms with Crippen LogP contribution in [-0.4, -0.2) is 48.2 Å². The van der Waals surface area contributed by atoms with Crippen molar-refractivity contribution < 1.29 is 41.9 Å². The number of hydrogen-bond donors (Lipinski definition) is 2. The number of ether oxygens (including phenoxy) is 1. The standard InChI is InChI=1S/C31H34ClFN2O8S/c1-18-12-14-24(33)26(19(18)2)20(3)27(29(37)38)34-44(40,41)25-15-13-22(32)16-23(25)28(36)35(30(39)43-31(4,5)6)42-17-21-10-8-7-9-11-21/h7-16,20,27,34H,17H2,1-6H3,(H,37,38). The molecular weight excluding hydrogens is 615 g/mol. The van der Waals surface area contributed by atoms with Gasteiger partial charge in [-0.05, 0) is 81.1 Å². The zero-order valence-corrected chi connectivity index (χ0v) is 26.6. The molecule has 0 aliphatic rings. The third-order valence-electron chi connectivity index (χ3n) is 6.64. The molecule has 0 aromatic heterocycles. The number of hydrogen-bond acceptors (Lipinski definition) is 7. The number of nitrogens with zero attached hydrogens (tertiary/aromatic N) is 1. The monoisotopic (exact) mass is 648 g/mol. The first-order chi connectivity index (χ1) is 20.4. The molecule has 0 aliphatic heterocycles. The second-order valence-electron chi connectivity index (χ2n) is 11.1. The molecule has 2 unspecified atom stereocenters. The molecule has 3 aromatic carbocycles. The molecule has 0 radical (unpaired) electrons. The molecule has 0 aliphatic carbocycles. The van der Waals surface area contributed by atoms with Crippen LogP contribution in [0.15, 0.2) is 65.6 Å². The van der Waals surface area contributed by atoms with Gasteiger partial charge in [0.15, 0.2) is 0 Å². The van der Waals surface area contributed by atoms with Crippen molar-refractivity contribution in [3.05, 3.63) is 99.3 Å². The lowest BCUT2D eigenvalue weighted by Crippen LogP contribution is -2.45. The molecule has 0 bridgehead atoms. The van der Waals surface area contributed by atoms with Gasteiger partial charge in [0.1, 0.15) is 24.1 Å². The lowest BCUT2D eigenvalue weighted by atomic mass is 9.88. The summed E-state index contributed by atoms with van der Waals surface area (Å²) in [6.45, 7) is 9.14. The van der Waals surface area contributed by atoms with E-state index >= 15 is 0 Å². The van der Waals surface area contributed by atoms with E-state index in [1.165, 1.54) is 25.1 Å². The predicted molar refractivity (Wildman–Crippen MR) is 161 cm³/mol. The first-order valence-corrected chi connectivity index (χ1v) is 15.3. The summed E-state index contributed by atoms with van der Waals surface area (Å²) in [5.41, 5.74) is 0.116. The Morgan fingerprint density at radius 3 is 2.27 bits per heavy atom. The Labute approximate surface area is 260 Å². The van der Waals surface area contributed by atoms with Crippen molar-refractivity contribution in [2.75, 3.05) is 0 Å². The van der Waals surface area contributed by atoms with E-state index in [-0.39, 0.29) is 22.3 Å². The van der Waals surface area contributed by atoms with E-state index < -0.39 is 61.8 Å². The molecule has 0 saturated heterocycles. The first kappa shape index (κ1) is 34.6. The van der Waals surface area contributed by atoms with Crippen LogP contribution >= 0.6 is 11.6 Å². The van der Waals surface area contributed by atoms with Crippen molar-refractivity contribution in [2.24, 2.45) is 0 Å². The predicted octanol–water partition coefficient (Wildman–Crippen LogP) is 6.14. The minimum absolute atomic E-state index is 0.0259. The lowest BCUT2D eigenvalue weighted by Gasteiger charge is -2.27. The van der Waals surface area contributed by atoms with Gasteiger partial charge in [0.05, 0.1) is 10.5 Å². The SMILES string of the molecule is Cc1ccc(F)c(C(C)C(NS(=O)(=O)c2ccc(Cl)cc2C(=O)N(OCc2ccccc2)C(=O)OC(C)(C)C)C(=O)O)c1C. The summed E-state index contributed by atoms with van der Waals surface area (Å²) in [5, 5.41) is 10.2. The second-order valence-corrected chi connectivity index (χ2v) is 13.2. The molecule has 3 rings (SSSR count). The molecule has 0 fully saturated rings. The van der Waals surface area contributed by atoms with Gasteiger partial charge in [0.25, 0.3) is 5.91 Å². The minimum Gasteiger partial charge on any atom is -0.480 e. The van der Waals surface area contributed by atoms with E-state index in [0.717, 1.165) is 12.1 Å². The maximum absolute atomic E-state index is 14.9. The normalized spacial score (nSPS) is 13.2. The van der Waals surface area contributed by atoms with E-state index in [1.54, 1.807) is 65.0 Å². The number of carbonyl (C=O) groups is 3. The van der Waals surface area contributed by atoms with Gasteiger partial charge in [-0.3, -0.25) is 14.4 Å². The third kappa shape index (κ3) is 8.41. The molecule has 0 heterocycles. The Hall–Kier alpha value is -3.84. The topological polar surface area (TPSA) is 139 Å². The summed E-state index contributed by atoms with van der Waals surface area (Å²) in [6.07, 6.45) is -1.22. The number of carboxylic acid groups (broad SMARTS) is 1. The minimum atomic E-state index is -4.81. The van der Waals surface area contributed by atoms with Crippen LogP contribution in [0.25, 0.3) is 0 Å². The van der Waals surface area contributed by atoms with Crippen LogP contribution in [0.2, 0.25) is 5.02 Å².